The number of hydrogen-bond donors (Lipinski definition) is 0. The summed E-state index contributed by atoms with van der Waals surface area (Å²) < 4.78 is 4.73. The molecule has 0 aliphatic carbocycles. The third kappa shape index (κ3) is 1.45. The van der Waals surface area contributed by atoms with Crippen LogP contribution >= 0.6 is 11.3 Å². The Bertz CT molecular complexity index is 283. The first-order chi connectivity index (χ1) is 5.15. The van der Waals surface area contributed by atoms with Gasteiger partial charge in [0, 0.05) is 0 Å². The van der Waals surface area contributed by atoms with Gasteiger partial charge in [0.2, 0.25) is 0 Å². The van der Waals surface area contributed by atoms with Gasteiger partial charge >= 0.3 is 5.00 Å². The van der Waals surface area contributed by atoms with Gasteiger partial charge in [-0.05, 0) is 18.3 Å². The summed E-state index contributed by atoms with van der Waals surface area (Å²) in [7, 11) is 1.43. The number of aromatic nitrogens is 1. The zero-order valence-corrected chi connectivity index (χ0v) is 6.84. The van der Waals surface area contributed by atoms with Crippen molar-refractivity contribution in [2.75, 3.05) is 7.11 Å². The largest absolute Gasteiger partial charge is 0.473 e. The number of ether oxygens (including phenoxy) is 1. The van der Waals surface area contributed by atoms with E-state index in [0.29, 0.717) is 10.9 Å². The van der Waals surface area contributed by atoms with Gasteiger partial charge in [-0.2, -0.15) is 0 Å². The second-order valence-electron chi connectivity index (χ2n) is 1.83. The molecule has 0 unspecified atom stereocenters. The molecular formula is C5H6N2O3S. The summed E-state index contributed by atoms with van der Waals surface area (Å²) in [6.45, 7) is 1.58. The normalized spacial score (nSPS) is 9.64. The Morgan fingerprint density at radius 3 is 2.64 bits per heavy atom. The van der Waals surface area contributed by atoms with E-state index in [2.05, 4.69) is 4.98 Å². The van der Waals surface area contributed by atoms with Crippen LogP contribution in [0.1, 0.15) is 5.69 Å². The second-order valence-corrected chi connectivity index (χ2v) is 2.77. The number of thiazole rings is 1. The molecule has 11 heavy (non-hydrogen) atoms. The molecule has 0 aliphatic rings. The molecule has 0 aliphatic heterocycles. The van der Waals surface area contributed by atoms with Crippen LogP contribution in [0.15, 0.2) is 0 Å². The molecule has 0 bridgehead atoms. The SMILES string of the molecule is COc1nc(C)c([N+](=O)[O-])s1. The number of hydrogen-bond acceptors (Lipinski definition) is 5. The van der Waals surface area contributed by atoms with Gasteiger partial charge in [0.05, 0.1) is 12.0 Å². The van der Waals surface area contributed by atoms with E-state index < -0.39 is 4.92 Å². The highest BCUT2D eigenvalue weighted by Crippen LogP contribution is 2.30. The number of aryl methyl sites for hydroxylation is 1. The first-order valence-corrected chi connectivity index (χ1v) is 3.62. The molecule has 0 saturated heterocycles. The predicted octanol–water partition coefficient (Wildman–Crippen LogP) is 1.37. The van der Waals surface area contributed by atoms with E-state index in [0.717, 1.165) is 11.3 Å². The fourth-order valence-electron chi connectivity index (χ4n) is 0.621. The summed E-state index contributed by atoms with van der Waals surface area (Å²) in [6.07, 6.45) is 0. The molecular weight excluding hydrogens is 168 g/mol. The van der Waals surface area contributed by atoms with E-state index >= 15 is 0 Å². The molecule has 6 heteroatoms. The number of methoxy groups -OCH3 is 1. The summed E-state index contributed by atoms with van der Waals surface area (Å²) in [5.74, 6) is 0. The van der Waals surface area contributed by atoms with Crippen molar-refractivity contribution in [2.24, 2.45) is 0 Å². The molecule has 0 fully saturated rings. The standard InChI is InChI=1S/C5H6N2O3S/c1-3-4(7(8)9)11-5(6-3)10-2/h1-2H3. The number of nitrogens with zero attached hydrogens (tertiary/aromatic N) is 2. The lowest BCUT2D eigenvalue weighted by molar-refractivity contribution is -0.380. The van der Waals surface area contributed by atoms with E-state index in [9.17, 15) is 10.1 Å². The summed E-state index contributed by atoms with van der Waals surface area (Å²) in [5, 5.41) is 10.6. The highest BCUT2D eigenvalue weighted by molar-refractivity contribution is 7.16. The minimum absolute atomic E-state index is 0.0434. The van der Waals surface area contributed by atoms with Gasteiger partial charge < -0.3 is 4.74 Å². The van der Waals surface area contributed by atoms with Gasteiger partial charge in [-0.25, -0.2) is 4.98 Å². The van der Waals surface area contributed by atoms with Crippen LogP contribution in [0.3, 0.4) is 0 Å². The van der Waals surface area contributed by atoms with Crippen LogP contribution in [-0.4, -0.2) is 17.0 Å². The molecule has 0 radical (unpaired) electrons. The first-order valence-electron chi connectivity index (χ1n) is 2.81. The maximum atomic E-state index is 10.3. The van der Waals surface area contributed by atoms with Crippen LogP contribution in [0, 0.1) is 17.0 Å². The van der Waals surface area contributed by atoms with Crippen molar-refractivity contribution in [2.45, 2.75) is 6.92 Å². The van der Waals surface area contributed by atoms with Crippen molar-refractivity contribution in [3.05, 3.63) is 15.8 Å². The van der Waals surface area contributed by atoms with Crippen molar-refractivity contribution in [3.63, 3.8) is 0 Å². The molecule has 0 atom stereocenters. The van der Waals surface area contributed by atoms with Crippen molar-refractivity contribution < 1.29 is 9.66 Å². The van der Waals surface area contributed by atoms with Crippen LogP contribution in [-0.2, 0) is 0 Å². The number of nitro groups is 1. The lowest BCUT2D eigenvalue weighted by Crippen LogP contribution is -1.85. The van der Waals surface area contributed by atoms with Crippen molar-refractivity contribution in [1.29, 1.82) is 0 Å². The smallest absolute Gasteiger partial charge is 0.350 e. The Balaban J connectivity index is 3.07. The third-order valence-electron chi connectivity index (χ3n) is 1.09. The van der Waals surface area contributed by atoms with Crippen molar-refractivity contribution in [1.82, 2.24) is 4.98 Å². The lowest BCUT2D eigenvalue weighted by atomic mass is 10.5. The van der Waals surface area contributed by atoms with Crippen LogP contribution in [0.2, 0.25) is 0 Å². The molecule has 60 valence electrons. The molecule has 0 N–H and O–H groups in total. The molecule has 0 aromatic carbocycles. The molecule has 5 nitrogen and oxygen atoms in total. The third-order valence-corrected chi connectivity index (χ3v) is 2.16. The van der Waals surface area contributed by atoms with E-state index in [1.54, 1.807) is 6.92 Å². The Kier molecular flexibility index (Phi) is 2.04. The van der Waals surface area contributed by atoms with E-state index in [1.807, 2.05) is 0 Å². The maximum absolute atomic E-state index is 10.3. The second kappa shape index (κ2) is 2.83. The molecule has 1 aromatic heterocycles. The Morgan fingerprint density at radius 1 is 1.73 bits per heavy atom. The molecule has 0 amide bonds. The van der Waals surface area contributed by atoms with E-state index in [-0.39, 0.29) is 5.00 Å². The minimum Gasteiger partial charge on any atom is -0.473 e. The number of rotatable bonds is 2. The average molecular weight is 174 g/mol. The molecule has 1 heterocycles. The van der Waals surface area contributed by atoms with Gasteiger partial charge in [0.15, 0.2) is 0 Å². The minimum atomic E-state index is -0.463. The monoisotopic (exact) mass is 174 g/mol. The molecule has 0 spiro atoms. The predicted molar refractivity (Wildman–Crippen MR) is 40.1 cm³/mol. The summed E-state index contributed by atoms with van der Waals surface area (Å²) in [6, 6.07) is 0. The van der Waals surface area contributed by atoms with Crippen LogP contribution in [0.4, 0.5) is 5.00 Å². The Labute approximate surface area is 66.8 Å². The van der Waals surface area contributed by atoms with Crippen LogP contribution in [0.25, 0.3) is 0 Å². The zero-order chi connectivity index (χ0) is 8.43. The van der Waals surface area contributed by atoms with Crippen LogP contribution < -0.4 is 4.74 Å². The fraction of sp³-hybridized carbons (Fsp3) is 0.400. The lowest BCUT2D eigenvalue weighted by Gasteiger charge is -1.84. The van der Waals surface area contributed by atoms with Crippen LogP contribution in [0.5, 0.6) is 5.19 Å². The summed E-state index contributed by atoms with van der Waals surface area (Å²) in [5.41, 5.74) is 0.400. The fourth-order valence-corrected chi connectivity index (χ4v) is 1.32. The maximum Gasteiger partial charge on any atom is 0.350 e. The van der Waals surface area contributed by atoms with Gasteiger partial charge in [0.25, 0.3) is 5.19 Å². The molecule has 0 saturated carbocycles. The quantitative estimate of drug-likeness (QED) is 0.501. The first kappa shape index (κ1) is 7.93. The Hall–Kier alpha value is -1.17. The molecule has 1 rings (SSSR count). The van der Waals surface area contributed by atoms with Crippen molar-refractivity contribution in [3.8, 4) is 5.19 Å². The van der Waals surface area contributed by atoms with Gasteiger partial charge in [0.1, 0.15) is 5.69 Å². The van der Waals surface area contributed by atoms with Crippen molar-refractivity contribution >= 4 is 16.3 Å². The van der Waals surface area contributed by atoms with E-state index in [1.165, 1.54) is 7.11 Å². The highest BCUT2D eigenvalue weighted by Gasteiger charge is 2.17. The highest BCUT2D eigenvalue weighted by atomic mass is 32.1. The zero-order valence-electron chi connectivity index (χ0n) is 6.03. The molecule has 1 aromatic rings. The topological polar surface area (TPSA) is 65.3 Å². The van der Waals surface area contributed by atoms with Gasteiger partial charge in [-0.15, -0.1) is 0 Å². The van der Waals surface area contributed by atoms with Gasteiger partial charge in [-0.1, -0.05) is 0 Å². The average Bonchev–Trinajstić information content (AvgIpc) is 2.30. The van der Waals surface area contributed by atoms with E-state index in [4.69, 9.17) is 4.74 Å². The summed E-state index contributed by atoms with van der Waals surface area (Å²) in [4.78, 5) is 13.6. The Morgan fingerprint density at radius 2 is 2.36 bits per heavy atom. The summed E-state index contributed by atoms with van der Waals surface area (Å²) >= 11 is 0.935. The van der Waals surface area contributed by atoms with Gasteiger partial charge in [-0.3, -0.25) is 10.1 Å².